The SMILES string of the molecule is C[C@H](NCc1ccc(C(F)(F)F)cc1)c1cccc(Br)c1. The molecule has 1 N–H and O–H groups in total. The van der Waals surface area contributed by atoms with E-state index in [1.165, 1.54) is 12.1 Å². The molecule has 1 nitrogen and oxygen atoms in total. The first-order valence-electron chi connectivity index (χ1n) is 6.51. The van der Waals surface area contributed by atoms with Crippen LogP contribution in [0.1, 0.15) is 29.7 Å². The van der Waals surface area contributed by atoms with Gasteiger partial charge in [-0.15, -0.1) is 0 Å². The van der Waals surface area contributed by atoms with E-state index in [-0.39, 0.29) is 6.04 Å². The summed E-state index contributed by atoms with van der Waals surface area (Å²) in [4.78, 5) is 0. The van der Waals surface area contributed by atoms with E-state index < -0.39 is 11.7 Å². The van der Waals surface area contributed by atoms with Crippen molar-refractivity contribution < 1.29 is 13.2 Å². The molecule has 5 heteroatoms. The van der Waals surface area contributed by atoms with Crippen molar-refractivity contribution in [1.29, 1.82) is 0 Å². The predicted molar refractivity (Wildman–Crippen MR) is 80.8 cm³/mol. The highest BCUT2D eigenvalue weighted by molar-refractivity contribution is 9.10. The molecule has 0 heterocycles. The van der Waals surface area contributed by atoms with Crippen LogP contribution in [0, 0.1) is 0 Å². The lowest BCUT2D eigenvalue weighted by molar-refractivity contribution is -0.137. The maximum atomic E-state index is 12.5. The number of halogens is 4. The van der Waals surface area contributed by atoms with Gasteiger partial charge in [0.2, 0.25) is 0 Å². The number of rotatable bonds is 4. The van der Waals surface area contributed by atoms with Crippen molar-refractivity contribution in [3.63, 3.8) is 0 Å². The summed E-state index contributed by atoms with van der Waals surface area (Å²) in [5, 5.41) is 3.30. The third kappa shape index (κ3) is 4.58. The number of hydrogen-bond acceptors (Lipinski definition) is 1. The van der Waals surface area contributed by atoms with Gasteiger partial charge >= 0.3 is 6.18 Å². The van der Waals surface area contributed by atoms with Gasteiger partial charge in [-0.05, 0) is 42.3 Å². The van der Waals surface area contributed by atoms with Crippen LogP contribution in [0.4, 0.5) is 13.2 Å². The van der Waals surface area contributed by atoms with Crippen molar-refractivity contribution in [2.75, 3.05) is 0 Å². The molecule has 0 unspecified atom stereocenters. The van der Waals surface area contributed by atoms with E-state index in [4.69, 9.17) is 0 Å². The molecule has 0 spiro atoms. The Morgan fingerprint density at radius 1 is 1.10 bits per heavy atom. The second-order valence-corrected chi connectivity index (χ2v) is 5.77. The fourth-order valence-electron chi connectivity index (χ4n) is 1.98. The third-order valence-electron chi connectivity index (χ3n) is 3.24. The first kappa shape index (κ1) is 16.0. The fraction of sp³-hybridized carbons (Fsp3) is 0.250. The van der Waals surface area contributed by atoms with Crippen LogP contribution >= 0.6 is 15.9 Å². The minimum atomic E-state index is -4.28. The van der Waals surface area contributed by atoms with Crippen molar-refractivity contribution in [3.05, 3.63) is 69.7 Å². The molecule has 112 valence electrons. The number of hydrogen-bond donors (Lipinski definition) is 1. The maximum Gasteiger partial charge on any atom is 0.416 e. The average Bonchev–Trinajstić information content (AvgIpc) is 2.44. The molecular weight excluding hydrogens is 343 g/mol. The molecular formula is C16H15BrF3N. The minimum absolute atomic E-state index is 0.116. The fourth-order valence-corrected chi connectivity index (χ4v) is 2.39. The number of benzene rings is 2. The standard InChI is InChI=1S/C16H15BrF3N/c1-11(13-3-2-4-15(17)9-13)21-10-12-5-7-14(8-6-12)16(18,19)20/h2-9,11,21H,10H2,1H3/t11-/m0/s1. The van der Waals surface area contributed by atoms with Crippen LogP contribution in [0.15, 0.2) is 53.0 Å². The molecule has 0 fully saturated rings. The number of nitrogens with one attached hydrogen (secondary N) is 1. The van der Waals surface area contributed by atoms with Gasteiger partial charge in [0, 0.05) is 17.1 Å². The molecule has 0 bridgehead atoms. The lowest BCUT2D eigenvalue weighted by atomic mass is 10.1. The van der Waals surface area contributed by atoms with Gasteiger partial charge in [-0.25, -0.2) is 0 Å². The zero-order valence-corrected chi connectivity index (χ0v) is 13.0. The smallest absolute Gasteiger partial charge is 0.306 e. The zero-order valence-electron chi connectivity index (χ0n) is 11.4. The van der Waals surface area contributed by atoms with Gasteiger partial charge in [0.25, 0.3) is 0 Å². The Bertz CT molecular complexity index is 593. The molecule has 1 atom stereocenters. The van der Waals surface area contributed by atoms with Crippen LogP contribution < -0.4 is 5.32 Å². The Morgan fingerprint density at radius 2 is 1.76 bits per heavy atom. The van der Waals surface area contributed by atoms with Gasteiger partial charge in [0.15, 0.2) is 0 Å². The summed E-state index contributed by atoms with van der Waals surface area (Å²) in [6.45, 7) is 2.54. The van der Waals surface area contributed by atoms with E-state index in [2.05, 4.69) is 21.2 Å². The molecule has 0 saturated heterocycles. The van der Waals surface area contributed by atoms with Gasteiger partial charge in [-0.1, -0.05) is 40.2 Å². The molecule has 0 radical (unpaired) electrons. The van der Waals surface area contributed by atoms with E-state index in [9.17, 15) is 13.2 Å². The second kappa shape index (κ2) is 6.62. The third-order valence-corrected chi connectivity index (χ3v) is 3.74. The molecule has 0 aromatic heterocycles. The molecule has 0 amide bonds. The Balaban J connectivity index is 1.97. The molecule has 21 heavy (non-hydrogen) atoms. The maximum absolute atomic E-state index is 12.5. The molecule has 2 aromatic carbocycles. The summed E-state index contributed by atoms with van der Waals surface area (Å²) < 4.78 is 38.4. The van der Waals surface area contributed by atoms with E-state index in [1.807, 2.05) is 31.2 Å². The molecule has 2 aromatic rings. The Hall–Kier alpha value is -1.33. The highest BCUT2D eigenvalue weighted by Crippen LogP contribution is 2.29. The van der Waals surface area contributed by atoms with Crippen LogP contribution in [0.2, 0.25) is 0 Å². The second-order valence-electron chi connectivity index (χ2n) is 4.85. The molecule has 0 aliphatic heterocycles. The van der Waals surface area contributed by atoms with Crippen LogP contribution in [0.25, 0.3) is 0 Å². The predicted octanol–water partition coefficient (Wildman–Crippen LogP) is 5.32. The van der Waals surface area contributed by atoms with E-state index in [1.54, 1.807) is 0 Å². The van der Waals surface area contributed by atoms with E-state index >= 15 is 0 Å². The highest BCUT2D eigenvalue weighted by Gasteiger charge is 2.29. The van der Waals surface area contributed by atoms with Crippen molar-refractivity contribution in [2.45, 2.75) is 25.7 Å². The van der Waals surface area contributed by atoms with Gasteiger partial charge < -0.3 is 5.32 Å². The highest BCUT2D eigenvalue weighted by atomic mass is 79.9. The molecule has 0 aliphatic carbocycles. The Morgan fingerprint density at radius 3 is 2.33 bits per heavy atom. The quantitative estimate of drug-likeness (QED) is 0.780. The van der Waals surface area contributed by atoms with Crippen LogP contribution in [0.3, 0.4) is 0 Å². The van der Waals surface area contributed by atoms with Crippen molar-refractivity contribution in [3.8, 4) is 0 Å². The monoisotopic (exact) mass is 357 g/mol. The summed E-state index contributed by atoms with van der Waals surface area (Å²) >= 11 is 3.42. The molecule has 2 rings (SSSR count). The largest absolute Gasteiger partial charge is 0.416 e. The lowest BCUT2D eigenvalue weighted by Crippen LogP contribution is -2.18. The lowest BCUT2D eigenvalue weighted by Gasteiger charge is -2.15. The first-order valence-corrected chi connectivity index (χ1v) is 7.30. The zero-order chi connectivity index (χ0) is 15.5. The number of alkyl halides is 3. The summed E-state index contributed by atoms with van der Waals surface area (Å²) in [6, 6.07) is 13.3. The van der Waals surface area contributed by atoms with Crippen LogP contribution in [-0.2, 0) is 12.7 Å². The van der Waals surface area contributed by atoms with Crippen molar-refractivity contribution in [1.82, 2.24) is 5.32 Å². The van der Waals surface area contributed by atoms with Gasteiger partial charge in [0.05, 0.1) is 5.56 Å². The summed E-state index contributed by atoms with van der Waals surface area (Å²) in [5.74, 6) is 0. The van der Waals surface area contributed by atoms with Crippen molar-refractivity contribution >= 4 is 15.9 Å². The van der Waals surface area contributed by atoms with Gasteiger partial charge in [-0.3, -0.25) is 0 Å². The van der Waals surface area contributed by atoms with Gasteiger partial charge in [-0.2, -0.15) is 13.2 Å². The molecule has 0 aliphatic rings. The Labute approximate surface area is 130 Å². The van der Waals surface area contributed by atoms with E-state index in [0.29, 0.717) is 6.54 Å². The van der Waals surface area contributed by atoms with Crippen LogP contribution in [-0.4, -0.2) is 0 Å². The van der Waals surface area contributed by atoms with Crippen LogP contribution in [0.5, 0.6) is 0 Å². The summed E-state index contributed by atoms with van der Waals surface area (Å²) in [7, 11) is 0. The first-order chi connectivity index (χ1) is 9.86. The average molecular weight is 358 g/mol. The minimum Gasteiger partial charge on any atom is -0.306 e. The molecule has 0 saturated carbocycles. The summed E-state index contributed by atoms with van der Waals surface area (Å²) in [6.07, 6.45) is -4.28. The Kier molecular flexibility index (Phi) is 5.06. The topological polar surface area (TPSA) is 12.0 Å². The summed E-state index contributed by atoms with van der Waals surface area (Å²) in [5.41, 5.74) is 1.33. The van der Waals surface area contributed by atoms with E-state index in [0.717, 1.165) is 27.7 Å². The van der Waals surface area contributed by atoms with Crippen molar-refractivity contribution in [2.24, 2.45) is 0 Å². The van der Waals surface area contributed by atoms with Gasteiger partial charge in [0.1, 0.15) is 0 Å². The normalized spacial score (nSPS) is 13.2.